The van der Waals surface area contributed by atoms with Gasteiger partial charge in [0.1, 0.15) is 12.7 Å². The number of carbonyl (C=O) groups excluding carboxylic acids is 4. The molecule has 3 rings (SSSR count). The van der Waals surface area contributed by atoms with Crippen molar-refractivity contribution >= 4 is 23.9 Å². The van der Waals surface area contributed by atoms with Crippen LogP contribution < -0.4 is 4.74 Å². The average molecular weight is 509 g/mol. The molecule has 6 atom stereocenters. The minimum absolute atomic E-state index is 0.167. The summed E-state index contributed by atoms with van der Waals surface area (Å²) in [6.45, 7) is 5.35. The van der Waals surface area contributed by atoms with E-state index in [0.717, 1.165) is 38.8 Å². The molecule has 198 valence electrons. The van der Waals surface area contributed by atoms with Gasteiger partial charge in [0.25, 0.3) is 0 Å². The molecule has 0 N–H and O–H groups in total. The maximum Gasteiger partial charge on any atom is 0.303 e. The number of hydrogen-bond acceptors (Lipinski definition) is 12. The van der Waals surface area contributed by atoms with Gasteiger partial charge < -0.3 is 28.4 Å². The number of pyridine rings is 1. The summed E-state index contributed by atoms with van der Waals surface area (Å²) in [5, 5.41) is 0. The molecule has 0 aromatic carbocycles. The Hall–Kier alpha value is -3.25. The highest BCUT2D eigenvalue weighted by molar-refractivity contribution is 5.68. The van der Waals surface area contributed by atoms with E-state index in [0.29, 0.717) is 0 Å². The van der Waals surface area contributed by atoms with Gasteiger partial charge in [-0.25, -0.2) is 4.98 Å². The van der Waals surface area contributed by atoms with Gasteiger partial charge in [0.15, 0.2) is 12.2 Å². The molecule has 2 saturated heterocycles. The molecule has 3 heterocycles. The highest BCUT2D eigenvalue weighted by Gasteiger charge is 2.53. The standard InChI is InChI=1S/C24H32N2O10/c1-13(27)31-12-19-21(32-14(2)28)22(33-15(3)29)23(34-16(4)30)24(35-19)36-20-9-8-17(11-25-20)18-7-6-10-26(18)5/h8-9,11,18-19,21-24H,6-7,10,12H2,1-5H3/t18-,19-,21+,22+,23-,24+/m1/s1. The monoisotopic (exact) mass is 508 g/mol. The molecule has 1 aromatic rings. The van der Waals surface area contributed by atoms with Gasteiger partial charge in [-0.2, -0.15) is 0 Å². The predicted octanol–water partition coefficient (Wildman–Crippen LogP) is 1.31. The molecule has 0 saturated carbocycles. The molecule has 0 unspecified atom stereocenters. The summed E-state index contributed by atoms with van der Waals surface area (Å²) in [7, 11) is 2.06. The van der Waals surface area contributed by atoms with Gasteiger partial charge in [0.2, 0.25) is 18.3 Å². The third kappa shape index (κ3) is 7.14. The quantitative estimate of drug-likeness (QED) is 0.369. The minimum atomic E-state index is -1.32. The van der Waals surface area contributed by atoms with Crippen LogP contribution in [0.25, 0.3) is 0 Å². The van der Waals surface area contributed by atoms with E-state index in [1.807, 2.05) is 6.07 Å². The first-order valence-corrected chi connectivity index (χ1v) is 11.7. The number of aromatic nitrogens is 1. The summed E-state index contributed by atoms with van der Waals surface area (Å²) in [5.74, 6) is -2.56. The van der Waals surface area contributed by atoms with Gasteiger partial charge >= 0.3 is 23.9 Å². The second kappa shape index (κ2) is 12.1. The Morgan fingerprint density at radius 2 is 1.58 bits per heavy atom. The molecule has 0 radical (unpaired) electrons. The summed E-state index contributed by atoms with van der Waals surface area (Å²) in [6, 6.07) is 3.81. The molecule has 36 heavy (non-hydrogen) atoms. The Balaban J connectivity index is 1.90. The molecule has 2 aliphatic heterocycles. The molecule has 12 nitrogen and oxygen atoms in total. The molecule has 12 heteroatoms. The smallest absolute Gasteiger partial charge is 0.303 e. The van der Waals surface area contributed by atoms with Gasteiger partial charge in [-0.05, 0) is 32.0 Å². The molecule has 0 amide bonds. The molecule has 2 fully saturated rings. The van der Waals surface area contributed by atoms with Crippen LogP contribution in [-0.2, 0) is 42.9 Å². The van der Waals surface area contributed by atoms with Crippen molar-refractivity contribution in [3.8, 4) is 5.88 Å². The zero-order valence-corrected chi connectivity index (χ0v) is 21.0. The SMILES string of the molecule is CC(=O)OC[C@H]1O[C@@H](Oc2ccc([C@H]3CCCN3C)cn2)[C@H](OC(C)=O)[C@@H](OC(C)=O)[C@H]1OC(C)=O. The summed E-state index contributed by atoms with van der Waals surface area (Å²) in [4.78, 5) is 53.7. The topological polar surface area (TPSA) is 140 Å². The fourth-order valence-electron chi connectivity index (χ4n) is 4.39. The fourth-order valence-corrected chi connectivity index (χ4v) is 4.39. The van der Waals surface area contributed by atoms with Crippen LogP contribution in [0.5, 0.6) is 5.88 Å². The van der Waals surface area contributed by atoms with Crippen LogP contribution in [0, 0.1) is 0 Å². The Labute approximate surface area is 209 Å². The molecule has 0 aliphatic carbocycles. The first-order chi connectivity index (χ1) is 17.0. The van der Waals surface area contributed by atoms with Crippen molar-refractivity contribution in [3.63, 3.8) is 0 Å². The van der Waals surface area contributed by atoms with Crippen molar-refractivity contribution in [1.29, 1.82) is 0 Å². The number of esters is 4. The highest BCUT2D eigenvalue weighted by atomic mass is 16.7. The van der Waals surface area contributed by atoms with Crippen molar-refractivity contribution in [2.75, 3.05) is 20.2 Å². The predicted molar refractivity (Wildman–Crippen MR) is 121 cm³/mol. The van der Waals surface area contributed by atoms with Gasteiger partial charge in [-0.15, -0.1) is 0 Å². The van der Waals surface area contributed by atoms with Crippen molar-refractivity contribution in [2.45, 2.75) is 77.3 Å². The lowest BCUT2D eigenvalue weighted by atomic mass is 9.98. The van der Waals surface area contributed by atoms with Crippen LogP contribution >= 0.6 is 0 Å². The van der Waals surface area contributed by atoms with E-state index in [2.05, 4.69) is 16.9 Å². The molecule has 0 bridgehead atoms. The lowest BCUT2D eigenvalue weighted by Gasteiger charge is -2.43. The summed E-state index contributed by atoms with van der Waals surface area (Å²) in [5.41, 5.74) is 1.03. The van der Waals surface area contributed by atoms with Crippen LogP contribution in [0.1, 0.15) is 52.1 Å². The van der Waals surface area contributed by atoms with Crippen LogP contribution in [0.3, 0.4) is 0 Å². The fraction of sp³-hybridized carbons (Fsp3) is 0.625. The maximum atomic E-state index is 11.9. The second-order valence-corrected chi connectivity index (χ2v) is 8.75. The van der Waals surface area contributed by atoms with Crippen LogP contribution in [-0.4, -0.2) is 84.7 Å². The summed E-state index contributed by atoms with van der Waals surface area (Å²) >= 11 is 0. The van der Waals surface area contributed by atoms with Crippen molar-refractivity contribution in [1.82, 2.24) is 9.88 Å². The molecular formula is C24H32N2O10. The van der Waals surface area contributed by atoms with Crippen LogP contribution in [0.15, 0.2) is 18.3 Å². The number of nitrogens with zero attached hydrogens (tertiary/aromatic N) is 2. The van der Waals surface area contributed by atoms with Crippen LogP contribution in [0.4, 0.5) is 0 Å². The van der Waals surface area contributed by atoms with Crippen LogP contribution in [0.2, 0.25) is 0 Å². The first kappa shape index (κ1) is 27.3. The van der Waals surface area contributed by atoms with E-state index < -0.39 is 54.6 Å². The number of carbonyl (C=O) groups is 4. The van der Waals surface area contributed by atoms with E-state index >= 15 is 0 Å². The molecule has 2 aliphatic rings. The molecule has 0 spiro atoms. The first-order valence-electron chi connectivity index (χ1n) is 11.7. The lowest BCUT2D eigenvalue weighted by Crippen LogP contribution is -2.63. The number of likely N-dealkylation sites (tertiary alicyclic amines) is 1. The Kier molecular flexibility index (Phi) is 9.21. The zero-order chi connectivity index (χ0) is 26.4. The second-order valence-electron chi connectivity index (χ2n) is 8.75. The van der Waals surface area contributed by atoms with E-state index in [-0.39, 0.29) is 18.5 Å². The van der Waals surface area contributed by atoms with E-state index in [9.17, 15) is 19.2 Å². The number of ether oxygens (including phenoxy) is 6. The molecule has 1 aromatic heterocycles. The zero-order valence-electron chi connectivity index (χ0n) is 21.0. The highest BCUT2D eigenvalue weighted by Crippen LogP contribution is 2.32. The Morgan fingerprint density at radius 3 is 2.11 bits per heavy atom. The average Bonchev–Trinajstić information content (AvgIpc) is 3.22. The normalized spacial score (nSPS) is 28.1. The lowest BCUT2D eigenvalue weighted by molar-refractivity contribution is -0.289. The number of rotatable bonds is 8. The van der Waals surface area contributed by atoms with Gasteiger partial charge in [-0.3, -0.25) is 24.1 Å². The Morgan fingerprint density at radius 1 is 0.944 bits per heavy atom. The van der Waals surface area contributed by atoms with E-state index in [4.69, 9.17) is 28.4 Å². The van der Waals surface area contributed by atoms with Crippen molar-refractivity contribution < 1.29 is 47.6 Å². The van der Waals surface area contributed by atoms with Gasteiger partial charge in [0, 0.05) is 46.0 Å². The van der Waals surface area contributed by atoms with E-state index in [1.165, 1.54) is 13.8 Å². The minimum Gasteiger partial charge on any atom is -0.463 e. The van der Waals surface area contributed by atoms with E-state index in [1.54, 1.807) is 12.3 Å². The van der Waals surface area contributed by atoms with Gasteiger partial charge in [-0.1, -0.05) is 6.07 Å². The summed E-state index contributed by atoms with van der Waals surface area (Å²) in [6.07, 6.45) is -2.45. The van der Waals surface area contributed by atoms with Crippen molar-refractivity contribution in [2.24, 2.45) is 0 Å². The number of hydrogen-bond donors (Lipinski definition) is 0. The third-order valence-electron chi connectivity index (χ3n) is 5.85. The van der Waals surface area contributed by atoms with Crippen molar-refractivity contribution in [3.05, 3.63) is 23.9 Å². The summed E-state index contributed by atoms with van der Waals surface area (Å²) < 4.78 is 33.1. The molecular weight excluding hydrogens is 476 g/mol. The largest absolute Gasteiger partial charge is 0.463 e. The maximum absolute atomic E-state index is 11.9. The third-order valence-corrected chi connectivity index (χ3v) is 5.85. The van der Waals surface area contributed by atoms with Gasteiger partial charge in [0.05, 0.1) is 0 Å². The Bertz CT molecular complexity index is 953.